The highest BCUT2D eigenvalue weighted by Crippen LogP contribution is 2.28. The quantitative estimate of drug-likeness (QED) is 0.723. The SMILES string of the molecule is CC(Nc1ccnc2cc(Cl)ccc12)c1ccsc1. The van der Waals surface area contributed by atoms with E-state index in [0.717, 1.165) is 16.6 Å². The molecule has 0 aliphatic heterocycles. The van der Waals surface area contributed by atoms with Crippen molar-refractivity contribution in [2.45, 2.75) is 13.0 Å². The first-order valence-electron chi connectivity index (χ1n) is 6.07. The van der Waals surface area contributed by atoms with Crippen LogP contribution in [0.3, 0.4) is 0 Å². The van der Waals surface area contributed by atoms with Crippen molar-refractivity contribution in [2.75, 3.05) is 5.32 Å². The summed E-state index contributed by atoms with van der Waals surface area (Å²) in [5.74, 6) is 0. The van der Waals surface area contributed by atoms with Crippen LogP contribution in [0.4, 0.5) is 5.69 Å². The summed E-state index contributed by atoms with van der Waals surface area (Å²) >= 11 is 7.71. The Balaban J connectivity index is 1.97. The maximum atomic E-state index is 6.00. The molecule has 3 aromatic rings. The molecule has 0 aliphatic rings. The lowest BCUT2D eigenvalue weighted by Crippen LogP contribution is -2.06. The summed E-state index contributed by atoms with van der Waals surface area (Å²) in [6, 6.07) is 10.2. The van der Waals surface area contributed by atoms with Crippen LogP contribution in [0.2, 0.25) is 5.02 Å². The van der Waals surface area contributed by atoms with Gasteiger partial charge in [0.15, 0.2) is 0 Å². The van der Waals surface area contributed by atoms with Crippen LogP contribution in [-0.2, 0) is 0 Å². The monoisotopic (exact) mass is 288 g/mol. The van der Waals surface area contributed by atoms with Crippen LogP contribution in [0.15, 0.2) is 47.3 Å². The molecule has 96 valence electrons. The molecule has 0 fully saturated rings. The highest BCUT2D eigenvalue weighted by atomic mass is 35.5. The van der Waals surface area contributed by atoms with Gasteiger partial charge in [-0.25, -0.2) is 0 Å². The van der Waals surface area contributed by atoms with Crippen molar-refractivity contribution in [1.29, 1.82) is 0 Å². The number of benzene rings is 1. The molecule has 0 saturated carbocycles. The van der Waals surface area contributed by atoms with Gasteiger partial charge in [0, 0.05) is 28.3 Å². The van der Waals surface area contributed by atoms with Crippen LogP contribution in [0, 0.1) is 0 Å². The van der Waals surface area contributed by atoms with E-state index in [9.17, 15) is 0 Å². The van der Waals surface area contributed by atoms with Gasteiger partial charge in [-0.1, -0.05) is 11.6 Å². The third kappa shape index (κ3) is 2.57. The van der Waals surface area contributed by atoms with Crippen LogP contribution in [0.5, 0.6) is 0 Å². The smallest absolute Gasteiger partial charge is 0.0737 e. The maximum absolute atomic E-state index is 6.00. The molecule has 1 atom stereocenters. The molecule has 0 amide bonds. The van der Waals surface area contributed by atoms with Crippen molar-refractivity contribution in [3.63, 3.8) is 0 Å². The van der Waals surface area contributed by atoms with Gasteiger partial charge in [0.2, 0.25) is 0 Å². The highest BCUT2D eigenvalue weighted by molar-refractivity contribution is 7.08. The molecule has 2 nitrogen and oxygen atoms in total. The van der Waals surface area contributed by atoms with Crippen LogP contribution in [0.1, 0.15) is 18.5 Å². The van der Waals surface area contributed by atoms with Gasteiger partial charge in [-0.05, 0) is 53.6 Å². The van der Waals surface area contributed by atoms with E-state index >= 15 is 0 Å². The summed E-state index contributed by atoms with van der Waals surface area (Å²) in [4.78, 5) is 4.35. The number of anilines is 1. The van der Waals surface area contributed by atoms with E-state index in [1.807, 2.05) is 24.3 Å². The van der Waals surface area contributed by atoms with Crippen LogP contribution >= 0.6 is 22.9 Å². The average Bonchev–Trinajstić information content (AvgIpc) is 2.92. The van der Waals surface area contributed by atoms with E-state index in [1.165, 1.54) is 5.56 Å². The van der Waals surface area contributed by atoms with Crippen molar-refractivity contribution in [3.05, 3.63) is 57.9 Å². The first-order chi connectivity index (χ1) is 9.24. The van der Waals surface area contributed by atoms with Gasteiger partial charge < -0.3 is 5.32 Å². The molecule has 0 radical (unpaired) electrons. The summed E-state index contributed by atoms with van der Waals surface area (Å²) in [5, 5.41) is 9.59. The molecule has 2 heterocycles. The molecule has 1 N–H and O–H groups in total. The molecule has 1 aromatic carbocycles. The molecule has 2 aromatic heterocycles. The van der Waals surface area contributed by atoms with Gasteiger partial charge in [0.1, 0.15) is 0 Å². The fraction of sp³-hybridized carbons (Fsp3) is 0.133. The zero-order valence-corrected chi connectivity index (χ0v) is 12.0. The first kappa shape index (κ1) is 12.5. The van der Waals surface area contributed by atoms with E-state index in [0.29, 0.717) is 5.02 Å². The maximum Gasteiger partial charge on any atom is 0.0737 e. The van der Waals surface area contributed by atoms with Crippen molar-refractivity contribution >= 4 is 39.5 Å². The Morgan fingerprint density at radius 2 is 2.16 bits per heavy atom. The lowest BCUT2D eigenvalue weighted by molar-refractivity contribution is 0.892. The van der Waals surface area contributed by atoms with E-state index < -0.39 is 0 Å². The Kier molecular flexibility index (Phi) is 3.40. The number of fused-ring (bicyclic) bond motifs is 1. The molecule has 0 aliphatic carbocycles. The van der Waals surface area contributed by atoms with E-state index in [4.69, 9.17) is 11.6 Å². The van der Waals surface area contributed by atoms with Crippen molar-refractivity contribution in [1.82, 2.24) is 4.98 Å². The molecule has 4 heteroatoms. The third-order valence-electron chi connectivity index (χ3n) is 3.12. The molecular weight excluding hydrogens is 276 g/mol. The fourth-order valence-electron chi connectivity index (χ4n) is 2.09. The number of nitrogens with zero attached hydrogens (tertiary/aromatic N) is 1. The van der Waals surface area contributed by atoms with Crippen molar-refractivity contribution < 1.29 is 0 Å². The Hall–Kier alpha value is -1.58. The lowest BCUT2D eigenvalue weighted by atomic mass is 10.1. The molecular formula is C15H13ClN2S. The zero-order chi connectivity index (χ0) is 13.2. The number of hydrogen-bond donors (Lipinski definition) is 1. The standard InChI is InChI=1S/C15H13ClN2S/c1-10(11-5-7-19-9-11)18-14-4-6-17-15-8-12(16)2-3-13(14)15/h2-10H,1H3,(H,17,18). The number of nitrogens with one attached hydrogen (secondary N) is 1. The minimum Gasteiger partial charge on any atom is -0.378 e. The Bertz CT molecular complexity index is 694. The topological polar surface area (TPSA) is 24.9 Å². The lowest BCUT2D eigenvalue weighted by Gasteiger charge is -2.15. The molecule has 0 saturated heterocycles. The highest BCUT2D eigenvalue weighted by Gasteiger charge is 2.08. The summed E-state index contributed by atoms with van der Waals surface area (Å²) in [6.07, 6.45) is 1.81. The van der Waals surface area contributed by atoms with Gasteiger partial charge in [-0.2, -0.15) is 11.3 Å². The number of rotatable bonds is 3. The second-order valence-corrected chi connectivity index (χ2v) is 5.66. The first-order valence-corrected chi connectivity index (χ1v) is 7.39. The van der Waals surface area contributed by atoms with Crippen molar-refractivity contribution in [2.24, 2.45) is 0 Å². The number of hydrogen-bond acceptors (Lipinski definition) is 3. The third-order valence-corrected chi connectivity index (χ3v) is 4.06. The zero-order valence-electron chi connectivity index (χ0n) is 10.4. The Morgan fingerprint density at radius 3 is 2.95 bits per heavy atom. The minimum atomic E-state index is 0.271. The second kappa shape index (κ2) is 5.19. The fourth-order valence-corrected chi connectivity index (χ4v) is 3.01. The summed E-state index contributed by atoms with van der Waals surface area (Å²) in [7, 11) is 0. The largest absolute Gasteiger partial charge is 0.378 e. The molecule has 1 unspecified atom stereocenters. The Morgan fingerprint density at radius 1 is 1.26 bits per heavy atom. The molecule has 0 bridgehead atoms. The van der Waals surface area contributed by atoms with Gasteiger partial charge in [-0.3, -0.25) is 4.98 Å². The second-order valence-electron chi connectivity index (χ2n) is 4.44. The van der Waals surface area contributed by atoms with E-state index in [-0.39, 0.29) is 6.04 Å². The number of thiophene rings is 1. The predicted molar refractivity (Wildman–Crippen MR) is 83.1 cm³/mol. The number of aromatic nitrogens is 1. The summed E-state index contributed by atoms with van der Waals surface area (Å²) in [5.41, 5.74) is 3.29. The van der Waals surface area contributed by atoms with Gasteiger partial charge in [-0.15, -0.1) is 0 Å². The molecule has 0 spiro atoms. The number of halogens is 1. The minimum absolute atomic E-state index is 0.271. The van der Waals surface area contributed by atoms with Crippen LogP contribution in [-0.4, -0.2) is 4.98 Å². The Labute approximate surface area is 121 Å². The van der Waals surface area contributed by atoms with Crippen LogP contribution in [0.25, 0.3) is 10.9 Å². The van der Waals surface area contributed by atoms with Gasteiger partial charge in [0.05, 0.1) is 5.52 Å². The van der Waals surface area contributed by atoms with Gasteiger partial charge >= 0.3 is 0 Å². The average molecular weight is 289 g/mol. The molecule has 19 heavy (non-hydrogen) atoms. The van der Waals surface area contributed by atoms with Crippen LogP contribution < -0.4 is 5.32 Å². The van der Waals surface area contributed by atoms with Gasteiger partial charge in [0.25, 0.3) is 0 Å². The molecule has 3 rings (SSSR count). The predicted octanol–water partition coefficient (Wildman–Crippen LogP) is 5.12. The normalized spacial score (nSPS) is 12.5. The summed E-state index contributed by atoms with van der Waals surface area (Å²) < 4.78 is 0. The van der Waals surface area contributed by atoms with E-state index in [1.54, 1.807) is 17.5 Å². The van der Waals surface area contributed by atoms with E-state index in [2.05, 4.69) is 34.1 Å². The van der Waals surface area contributed by atoms with Crippen molar-refractivity contribution in [3.8, 4) is 0 Å². The summed E-state index contributed by atoms with van der Waals surface area (Å²) in [6.45, 7) is 2.16. The number of pyridine rings is 1.